The minimum absolute atomic E-state index is 0.0141. The summed E-state index contributed by atoms with van der Waals surface area (Å²) in [5, 5.41) is 3.05. The predicted octanol–water partition coefficient (Wildman–Crippen LogP) is 4.57. The van der Waals surface area contributed by atoms with Crippen molar-refractivity contribution in [3.05, 3.63) is 51.7 Å². The molecule has 0 heterocycles. The lowest BCUT2D eigenvalue weighted by atomic mass is 10.2. The Morgan fingerprint density at radius 3 is 2.59 bits per heavy atom. The molecule has 17 heavy (non-hydrogen) atoms. The van der Waals surface area contributed by atoms with Gasteiger partial charge in [0.2, 0.25) is 0 Å². The largest absolute Gasteiger partial charge is 0.397 e. The van der Waals surface area contributed by atoms with Crippen molar-refractivity contribution < 1.29 is 4.39 Å². The number of nitrogens with two attached hydrogens (primary N) is 1. The zero-order valence-electron chi connectivity index (χ0n) is 8.68. The van der Waals surface area contributed by atoms with Crippen LogP contribution in [0.1, 0.15) is 0 Å². The molecule has 0 bridgehead atoms. The highest BCUT2D eigenvalue weighted by molar-refractivity contribution is 9.10. The second kappa shape index (κ2) is 4.94. The van der Waals surface area contributed by atoms with E-state index in [0.717, 1.165) is 10.2 Å². The molecule has 0 atom stereocenters. The van der Waals surface area contributed by atoms with Crippen molar-refractivity contribution in [2.24, 2.45) is 0 Å². The molecule has 2 rings (SSSR count). The topological polar surface area (TPSA) is 38.0 Å². The third-order valence-electron chi connectivity index (χ3n) is 2.24. The number of anilines is 3. The molecule has 0 amide bonds. The molecule has 0 aliphatic heterocycles. The molecule has 0 radical (unpaired) electrons. The highest BCUT2D eigenvalue weighted by Crippen LogP contribution is 2.31. The monoisotopic (exact) mass is 314 g/mol. The van der Waals surface area contributed by atoms with Crippen molar-refractivity contribution in [2.45, 2.75) is 0 Å². The average molecular weight is 316 g/mol. The van der Waals surface area contributed by atoms with Crippen LogP contribution in [0.4, 0.5) is 21.5 Å². The van der Waals surface area contributed by atoms with Gasteiger partial charge in [0.1, 0.15) is 5.82 Å². The number of hydrogen-bond acceptors (Lipinski definition) is 2. The van der Waals surface area contributed by atoms with Crippen LogP contribution in [0, 0.1) is 5.82 Å². The maximum absolute atomic E-state index is 13.3. The van der Waals surface area contributed by atoms with Gasteiger partial charge >= 0.3 is 0 Å². The fraction of sp³-hybridized carbons (Fsp3) is 0. The Morgan fingerprint density at radius 1 is 1.18 bits per heavy atom. The van der Waals surface area contributed by atoms with Crippen LogP contribution < -0.4 is 11.1 Å². The first-order chi connectivity index (χ1) is 8.08. The van der Waals surface area contributed by atoms with Gasteiger partial charge in [0.05, 0.1) is 22.1 Å². The first-order valence-electron chi connectivity index (χ1n) is 4.84. The van der Waals surface area contributed by atoms with Gasteiger partial charge < -0.3 is 11.1 Å². The van der Waals surface area contributed by atoms with Gasteiger partial charge in [0.25, 0.3) is 0 Å². The van der Waals surface area contributed by atoms with Crippen molar-refractivity contribution in [1.82, 2.24) is 0 Å². The third kappa shape index (κ3) is 2.70. The van der Waals surface area contributed by atoms with E-state index < -0.39 is 5.82 Å². The van der Waals surface area contributed by atoms with Crippen LogP contribution in [0.2, 0.25) is 5.02 Å². The van der Waals surface area contributed by atoms with E-state index in [9.17, 15) is 4.39 Å². The van der Waals surface area contributed by atoms with Crippen LogP contribution in [0.5, 0.6) is 0 Å². The lowest BCUT2D eigenvalue weighted by Crippen LogP contribution is -1.98. The van der Waals surface area contributed by atoms with Crippen molar-refractivity contribution in [1.29, 1.82) is 0 Å². The van der Waals surface area contributed by atoms with E-state index in [1.807, 2.05) is 24.3 Å². The van der Waals surface area contributed by atoms with Crippen LogP contribution in [-0.2, 0) is 0 Å². The lowest BCUT2D eigenvalue weighted by molar-refractivity contribution is 0.629. The second-order valence-corrected chi connectivity index (χ2v) is 4.72. The van der Waals surface area contributed by atoms with Crippen LogP contribution >= 0.6 is 27.5 Å². The molecule has 0 aromatic heterocycles. The predicted molar refractivity (Wildman–Crippen MR) is 73.2 cm³/mol. The summed E-state index contributed by atoms with van der Waals surface area (Å²) in [4.78, 5) is 0. The van der Waals surface area contributed by atoms with E-state index in [2.05, 4.69) is 21.2 Å². The highest BCUT2D eigenvalue weighted by Gasteiger charge is 2.07. The van der Waals surface area contributed by atoms with Crippen molar-refractivity contribution >= 4 is 44.6 Å². The van der Waals surface area contributed by atoms with Crippen LogP contribution in [0.15, 0.2) is 40.9 Å². The average Bonchev–Trinajstić information content (AvgIpc) is 2.29. The first-order valence-corrected chi connectivity index (χ1v) is 6.01. The van der Waals surface area contributed by atoms with Gasteiger partial charge in [0, 0.05) is 10.5 Å². The van der Waals surface area contributed by atoms with E-state index in [1.165, 1.54) is 12.1 Å². The Bertz CT molecular complexity index is 560. The summed E-state index contributed by atoms with van der Waals surface area (Å²) in [6.07, 6.45) is 0. The van der Waals surface area contributed by atoms with Gasteiger partial charge in [-0.3, -0.25) is 0 Å². The summed E-state index contributed by atoms with van der Waals surface area (Å²) >= 11 is 9.02. The van der Waals surface area contributed by atoms with Crippen LogP contribution in [0.3, 0.4) is 0 Å². The number of nitrogen functional groups attached to an aromatic ring is 1. The second-order valence-electron chi connectivity index (χ2n) is 3.46. The van der Waals surface area contributed by atoms with E-state index in [0.29, 0.717) is 11.4 Å². The minimum atomic E-state index is -0.504. The first kappa shape index (κ1) is 12.2. The molecule has 2 aromatic rings. The number of para-hydroxylation sites is 1. The molecule has 5 heteroatoms. The zero-order chi connectivity index (χ0) is 12.4. The van der Waals surface area contributed by atoms with Crippen molar-refractivity contribution in [3.63, 3.8) is 0 Å². The molecule has 0 spiro atoms. The van der Waals surface area contributed by atoms with Gasteiger partial charge in [0.15, 0.2) is 0 Å². The molecule has 0 saturated heterocycles. The summed E-state index contributed by atoms with van der Waals surface area (Å²) in [5.74, 6) is -0.504. The summed E-state index contributed by atoms with van der Waals surface area (Å²) < 4.78 is 14.2. The highest BCUT2D eigenvalue weighted by atomic mass is 79.9. The molecule has 2 aromatic carbocycles. The minimum Gasteiger partial charge on any atom is -0.397 e. The van der Waals surface area contributed by atoms with E-state index in [1.54, 1.807) is 0 Å². The van der Waals surface area contributed by atoms with Crippen LogP contribution in [0.25, 0.3) is 0 Å². The van der Waals surface area contributed by atoms with E-state index in [4.69, 9.17) is 17.3 Å². The molecule has 0 unspecified atom stereocenters. The van der Waals surface area contributed by atoms with Gasteiger partial charge in [-0.05, 0) is 34.1 Å². The molecule has 0 saturated carbocycles. The molecule has 0 aliphatic carbocycles. The molecule has 3 N–H and O–H groups in total. The van der Waals surface area contributed by atoms with Crippen molar-refractivity contribution in [3.8, 4) is 0 Å². The fourth-order valence-electron chi connectivity index (χ4n) is 1.38. The van der Waals surface area contributed by atoms with E-state index in [-0.39, 0.29) is 5.02 Å². The SMILES string of the molecule is Nc1cc(Cl)c(F)cc1Nc1ccccc1Br. The quantitative estimate of drug-likeness (QED) is 0.797. The lowest BCUT2D eigenvalue weighted by Gasteiger charge is -2.11. The normalized spacial score (nSPS) is 10.3. The summed E-state index contributed by atoms with van der Waals surface area (Å²) in [6.45, 7) is 0. The smallest absolute Gasteiger partial charge is 0.144 e. The maximum atomic E-state index is 13.3. The number of halogens is 3. The molecular weight excluding hydrogens is 307 g/mol. The van der Waals surface area contributed by atoms with Gasteiger partial charge in [-0.15, -0.1) is 0 Å². The zero-order valence-corrected chi connectivity index (χ0v) is 11.0. The van der Waals surface area contributed by atoms with Gasteiger partial charge in [-0.2, -0.15) is 0 Å². The Morgan fingerprint density at radius 2 is 1.88 bits per heavy atom. The van der Waals surface area contributed by atoms with Crippen LogP contribution in [-0.4, -0.2) is 0 Å². The standard InChI is InChI=1S/C12H9BrClFN2/c13-7-3-1-2-4-11(7)17-12-6-9(15)8(14)5-10(12)16/h1-6,17H,16H2. The van der Waals surface area contributed by atoms with Gasteiger partial charge in [-0.25, -0.2) is 4.39 Å². The maximum Gasteiger partial charge on any atom is 0.144 e. The Hall–Kier alpha value is -1.26. The Labute approximate surface area is 112 Å². The van der Waals surface area contributed by atoms with E-state index >= 15 is 0 Å². The molecule has 0 aliphatic rings. The number of rotatable bonds is 2. The summed E-state index contributed by atoms with van der Waals surface area (Å²) in [6, 6.07) is 10.2. The summed E-state index contributed by atoms with van der Waals surface area (Å²) in [7, 11) is 0. The number of nitrogens with one attached hydrogen (secondary N) is 1. The molecule has 2 nitrogen and oxygen atoms in total. The third-order valence-corrected chi connectivity index (χ3v) is 3.22. The fourth-order valence-corrected chi connectivity index (χ4v) is 1.93. The molecule has 0 fully saturated rings. The van der Waals surface area contributed by atoms with Gasteiger partial charge in [-0.1, -0.05) is 23.7 Å². The van der Waals surface area contributed by atoms with Crippen molar-refractivity contribution in [2.75, 3.05) is 11.1 Å². The summed E-state index contributed by atoms with van der Waals surface area (Å²) in [5.41, 5.74) is 7.45. The Balaban J connectivity index is 2.37. The molecule has 88 valence electrons. The number of benzene rings is 2. The Kier molecular flexibility index (Phi) is 3.54. The number of hydrogen-bond donors (Lipinski definition) is 2. The molecular formula is C12H9BrClFN2.